The van der Waals surface area contributed by atoms with Crippen LogP contribution in [0.2, 0.25) is 0 Å². The van der Waals surface area contributed by atoms with Crippen LogP contribution in [0.3, 0.4) is 0 Å². The molecule has 2 aromatic carbocycles. The molecule has 6 nitrogen and oxygen atoms in total. The smallest absolute Gasteiger partial charge is 0.271 e. The number of fused-ring (bicyclic) bond motifs is 1. The maximum absolute atomic E-state index is 12.3. The Morgan fingerprint density at radius 3 is 2.65 bits per heavy atom. The molecule has 1 atom stereocenters. The minimum atomic E-state index is -0.427. The van der Waals surface area contributed by atoms with Gasteiger partial charge in [0.2, 0.25) is 0 Å². The van der Waals surface area contributed by atoms with E-state index in [9.17, 15) is 14.9 Å². The van der Waals surface area contributed by atoms with Gasteiger partial charge in [-0.25, -0.2) is 0 Å². The van der Waals surface area contributed by atoms with Crippen molar-refractivity contribution in [2.24, 2.45) is 0 Å². The maximum atomic E-state index is 12.3. The van der Waals surface area contributed by atoms with E-state index in [0.29, 0.717) is 11.3 Å². The maximum Gasteiger partial charge on any atom is 0.271 e. The van der Waals surface area contributed by atoms with E-state index in [1.165, 1.54) is 12.1 Å². The van der Waals surface area contributed by atoms with Crippen LogP contribution in [0.1, 0.15) is 15.9 Å². The Balaban J connectivity index is 1.83. The number of nitrogens with one attached hydrogen (secondary N) is 1. The standard InChI is InChI=1S/C17H15N3O3/c1-19-15-11-14(20(22)23)9-7-12(15)8-10-16(19)18-17(21)13-5-3-2-4-6-13/h2-11,16H,1H3,(H,18,21). The van der Waals surface area contributed by atoms with Gasteiger partial charge in [-0.05, 0) is 29.8 Å². The van der Waals surface area contributed by atoms with Crippen molar-refractivity contribution in [3.05, 3.63) is 75.8 Å². The molecule has 0 radical (unpaired) electrons. The molecule has 0 fully saturated rings. The highest BCUT2D eigenvalue weighted by Gasteiger charge is 2.23. The highest BCUT2D eigenvalue weighted by molar-refractivity contribution is 5.95. The number of nitrogens with zero attached hydrogens (tertiary/aromatic N) is 2. The van der Waals surface area contributed by atoms with Crippen molar-refractivity contribution in [3.63, 3.8) is 0 Å². The summed E-state index contributed by atoms with van der Waals surface area (Å²) in [6.07, 6.45) is 3.35. The number of carbonyl (C=O) groups is 1. The number of amides is 1. The van der Waals surface area contributed by atoms with Crippen molar-refractivity contribution in [3.8, 4) is 0 Å². The summed E-state index contributed by atoms with van der Waals surface area (Å²) >= 11 is 0. The van der Waals surface area contributed by atoms with Crippen LogP contribution < -0.4 is 10.2 Å². The highest BCUT2D eigenvalue weighted by atomic mass is 16.6. The van der Waals surface area contributed by atoms with E-state index in [1.54, 1.807) is 37.4 Å². The molecule has 1 unspecified atom stereocenters. The number of carbonyl (C=O) groups excluding carboxylic acids is 1. The van der Waals surface area contributed by atoms with Crippen LogP contribution in [0.25, 0.3) is 6.08 Å². The summed E-state index contributed by atoms with van der Waals surface area (Å²) in [7, 11) is 1.79. The summed E-state index contributed by atoms with van der Waals surface area (Å²) in [5.41, 5.74) is 2.18. The summed E-state index contributed by atoms with van der Waals surface area (Å²) in [6, 6.07) is 13.6. The van der Waals surface area contributed by atoms with Crippen LogP contribution in [0, 0.1) is 10.1 Å². The highest BCUT2D eigenvalue weighted by Crippen LogP contribution is 2.30. The van der Waals surface area contributed by atoms with E-state index in [2.05, 4.69) is 5.32 Å². The lowest BCUT2D eigenvalue weighted by atomic mass is 10.1. The fraction of sp³-hybridized carbons (Fsp3) is 0.118. The van der Waals surface area contributed by atoms with Crippen LogP contribution in [-0.2, 0) is 0 Å². The largest absolute Gasteiger partial charge is 0.350 e. The minimum Gasteiger partial charge on any atom is -0.350 e. The van der Waals surface area contributed by atoms with Crippen molar-refractivity contribution in [1.29, 1.82) is 0 Å². The average molecular weight is 309 g/mol. The molecule has 1 aliphatic rings. The number of likely N-dealkylation sites (N-methyl/N-ethyl adjacent to an activating group) is 1. The summed E-state index contributed by atoms with van der Waals surface area (Å²) in [5.74, 6) is -0.194. The Morgan fingerprint density at radius 1 is 1.22 bits per heavy atom. The van der Waals surface area contributed by atoms with E-state index in [4.69, 9.17) is 0 Å². The lowest BCUT2D eigenvalue weighted by Crippen LogP contribution is -2.46. The first-order chi connectivity index (χ1) is 11.1. The van der Waals surface area contributed by atoms with Crippen molar-refractivity contribution in [1.82, 2.24) is 5.32 Å². The molecule has 0 bridgehead atoms. The van der Waals surface area contributed by atoms with Gasteiger partial charge in [0.15, 0.2) is 0 Å². The molecule has 0 aromatic heterocycles. The topological polar surface area (TPSA) is 75.5 Å². The van der Waals surface area contributed by atoms with Gasteiger partial charge in [-0.15, -0.1) is 0 Å². The number of nitro groups is 1. The Hall–Kier alpha value is -3.15. The van der Waals surface area contributed by atoms with Gasteiger partial charge in [-0.1, -0.05) is 24.3 Å². The first-order valence-electron chi connectivity index (χ1n) is 7.11. The van der Waals surface area contributed by atoms with Crippen LogP contribution in [0.5, 0.6) is 0 Å². The molecule has 3 rings (SSSR count). The fourth-order valence-electron chi connectivity index (χ4n) is 2.52. The lowest BCUT2D eigenvalue weighted by Gasteiger charge is -2.32. The molecule has 0 saturated heterocycles. The number of anilines is 1. The molecule has 2 aromatic rings. The molecule has 1 N–H and O–H groups in total. The molecular formula is C17H15N3O3. The molecular weight excluding hydrogens is 294 g/mol. The van der Waals surface area contributed by atoms with E-state index in [-0.39, 0.29) is 17.8 Å². The zero-order chi connectivity index (χ0) is 16.4. The predicted octanol–water partition coefficient (Wildman–Crippen LogP) is 2.81. The third-order valence-electron chi connectivity index (χ3n) is 3.80. The first-order valence-corrected chi connectivity index (χ1v) is 7.11. The number of benzene rings is 2. The zero-order valence-electron chi connectivity index (χ0n) is 12.5. The lowest BCUT2D eigenvalue weighted by molar-refractivity contribution is -0.384. The van der Waals surface area contributed by atoms with Gasteiger partial charge in [0.1, 0.15) is 6.17 Å². The summed E-state index contributed by atoms with van der Waals surface area (Å²) in [6.45, 7) is 0. The first kappa shape index (κ1) is 14.8. The monoisotopic (exact) mass is 309 g/mol. The van der Waals surface area contributed by atoms with Crippen molar-refractivity contribution < 1.29 is 9.72 Å². The number of hydrogen-bond donors (Lipinski definition) is 1. The number of non-ortho nitro benzene ring substituents is 1. The van der Waals surface area contributed by atoms with Crippen molar-refractivity contribution >= 4 is 23.4 Å². The van der Waals surface area contributed by atoms with Crippen LogP contribution >= 0.6 is 0 Å². The molecule has 116 valence electrons. The van der Waals surface area contributed by atoms with Gasteiger partial charge in [0.05, 0.1) is 10.6 Å². The zero-order valence-corrected chi connectivity index (χ0v) is 12.5. The number of rotatable bonds is 3. The second-order valence-electron chi connectivity index (χ2n) is 5.25. The minimum absolute atomic E-state index is 0.0269. The van der Waals surface area contributed by atoms with Gasteiger partial charge < -0.3 is 10.2 Å². The Kier molecular flexibility index (Phi) is 3.80. The van der Waals surface area contributed by atoms with Crippen LogP contribution in [0.15, 0.2) is 54.6 Å². The normalized spacial score (nSPS) is 15.9. The second kappa shape index (κ2) is 5.92. The van der Waals surface area contributed by atoms with Crippen molar-refractivity contribution in [2.45, 2.75) is 6.17 Å². The number of nitro benzene ring substituents is 1. The molecule has 1 amide bonds. The van der Waals surface area contributed by atoms with Gasteiger partial charge in [-0.3, -0.25) is 14.9 Å². The quantitative estimate of drug-likeness (QED) is 0.699. The summed E-state index contributed by atoms with van der Waals surface area (Å²) < 4.78 is 0. The Bertz CT molecular complexity index is 787. The van der Waals surface area contributed by atoms with Gasteiger partial charge in [-0.2, -0.15) is 0 Å². The summed E-state index contributed by atoms with van der Waals surface area (Å²) in [4.78, 5) is 24.6. The summed E-state index contributed by atoms with van der Waals surface area (Å²) in [5, 5.41) is 13.8. The third-order valence-corrected chi connectivity index (χ3v) is 3.80. The van der Waals surface area contributed by atoms with E-state index < -0.39 is 4.92 Å². The Morgan fingerprint density at radius 2 is 1.96 bits per heavy atom. The number of hydrogen-bond acceptors (Lipinski definition) is 4. The van der Waals surface area contributed by atoms with E-state index >= 15 is 0 Å². The van der Waals surface area contributed by atoms with Gasteiger partial charge in [0.25, 0.3) is 11.6 Å². The van der Waals surface area contributed by atoms with E-state index in [1.807, 2.05) is 23.1 Å². The molecule has 23 heavy (non-hydrogen) atoms. The molecule has 1 heterocycles. The Labute approximate surface area is 133 Å². The van der Waals surface area contributed by atoms with E-state index in [0.717, 1.165) is 5.56 Å². The predicted molar refractivity (Wildman–Crippen MR) is 88.2 cm³/mol. The molecule has 0 spiro atoms. The SMILES string of the molecule is CN1c2cc([N+](=O)[O-])ccc2C=CC1NC(=O)c1ccccc1. The molecule has 0 saturated carbocycles. The molecule has 0 aliphatic carbocycles. The molecule has 1 aliphatic heterocycles. The fourth-order valence-corrected chi connectivity index (χ4v) is 2.52. The second-order valence-corrected chi connectivity index (χ2v) is 5.25. The third kappa shape index (κ3) is 2.91. The van der Waals surface area contributed by atoms with Gasteiger partial charge in [0, 0.05) is 24.7 Å². The molecule has 6 heteroatoms. The van der Waals surface area contributed by atoms with Crippen LogP contribution in [0.4, 0.5) is 11.4 Å². The van der Waals surface area contributed by atoms with Gasteiger partial charge >= 0.3 is 0 Å². The van der Waals surface area contributed by atoms with Crippen LogP contribution in [-0.4, -0.2) is 24.0 Å². The van der Waals surface area contributed by atoms with Crippen molar-refractivity contribution in [2.75, 3.05) is 11.9 Å². The average Bonchev–Trinajstić information content (AvgIpc) is 2.58.